The summed E-state index contributed by atoms with van der Waals surface area (Å²) in [5.74, 6) is -0.674. The molecule has 2 aliphatic rings. The minimum atomic E-state index is -0.666. The molecule has 2 fully saturated rings. The van der Waals surface area contributed by atoms with Gasteiger partial charge in [0.25, 0.3) is 0 Å². The van der Waals surface area contributed by atoms with Crippen molar-refractivity contribution in [2.45, 2.75) is 58.3 Å². The molecular weight excluding hydrogens is 230 g/mol. The number of carboxylic acid groups (broad SMARTS) is 1. The van der Waals surface area contributed by atoms with E-state index >= 15 is 0 Å². The lowest BCUT2D eigenvalue weighted by molar-refractivity contribution is -0.142. The third kappa shape index (κ3) is 2.41. The van der Waals surface area contributed by atoms with Gasteiger partial charge >= 0.3 is 5.97 Å². The third-order valence-corrected chi connectivity index (χ3v) is 4.43. The molecule has 104 valence electrons. The van der Waals surface area contributed by atoms with Gasteiger partial charge in [-0.25, -0.2) is 0 Å². The zero-order valence-corrected chi connectivity index (χ0v) is 12.1. The Bertz CT molecular complexity index is 351. The molecule has 2 saturated heterocycles. The topological polar surface area (TPSA) is 49.8 Å². The number of hydrogen-bond acceptors (Lipinski definition) is 3. The highest BCUT2D eigenvalue weighted by atomic mass is 16.5. The molecule has 0 aliphatic carbocycles. The van der Waals surface area contributed by atoms with Gasteiger partial charge in [0.2, 0.25) is 0 Å². The molecule has 3 atom stereocenters. The molecule has 0 spiro atoms. The molecule has 0 bridgehead atoms. The minimum absolute atomic E-state index is 0.112. The Kier molecular flexibility index (Phi) is 3.23. The first kappa shape index (κ1) is 13.8. The highest BCUT2D eigenvalue weighted by Crippen LogP contribution is 2.42. The van der Waals surface area contributed by atoms with Gasteiger partial charge in [0.05, 0.1) is 17.1 Å². The minimum Gasteiger partial charge on any atom is -0.481 e. The maximum absolute atomic E-state index is 11.2. The van der Waals surface area contributed by atoms with Gasteiger partial charge in [-0.3, -0.25) is 9.69 Å². The van der Waals surface area contributed by atoms with Crippen LogP contribution in [0, 0.1) is 11.8 Å². The van der Waals surface area contributed by atoms with Gasteiger partial charge in [-0.1, -0.05) is 6.92 Å². The molecule has 2 aliphatic heterocycles. The predicted molar refractivity (Wildman–Crippen MR) is 69.5 cm³/mol. The lowest BCUT2D eigenvalue weighted by atomic mass is 9.93. The summed E-state index contributed by atoms with van der Waals surface area (Å²) in [5.41, 5.74) is -0.310. The average molecular weight is 255 g/mol. The molecule has 0 aromatic rings. The van der Waals surface area contributed by atoms with Crippen molar-refractivity contribution in [2.24, 2.45) is 11.8 Å². The SMILES string of the molecule is C[C@@H]1CN(C2CC(C)(C)OC2(C)C)C[C@H]1C(=O)O. The first-order chi connectivity index (χ1) is 8.12. The summed E-state index contributed by atoms with van der Waals surface area (Å²) in [4.78, 5) is 13.5. The van der Waals surface area contributed by atoms with Crippen molar-refractivity contribution in [1.29, 1.82) is 0 Å². The van der Waals surface area contributed by atoms with Crippen molar-refractivity contribution in [2.75, 3.05) is 13.1 Å². The number of carboxylic acids is 1. The van der Waals surface area contributed by atoms with Crippen LogP contribution in [-0.4, -0.2) is 46.3 Å². The van der Waals surface area contributed by atoms with Gasteiger partial charge < -0.3 is 9.84 Å². The molecule has 2 rings (SSSR count). The van der Waals surface area contributed by atoms with Gasteiger partial charge in [-0.2, -0.15) is 0 Å². The number of aliphatic carboxylic acids is 1. The van der Waals surface area contributed by atoms with Crippen LogP contribution in [0.2, 0.25) is 0 Å². The molecule has 4 heteroatoms. The Labute approximate surface area is 109 Å². The number of carbonyl (C=O) groups is 1. The Morgan fingerprint density at radius 3 is 2.28 bits per heavy atom. The van der Waals surface area contributed by atoms with Crippen LogP contribution >= 0.6 is 0 Å². The first-order valence-electron chi connectivity index (χ1n) is 6.79. The Hall–Kier alpha value is -0.610. The quantitative estimate of drug-likeness (QED) is 0.820. The second-order valence-corrected chi connectivity index (χ2v) is 7.06. The van der Waals surface area contributed by atoms with Crippen LogP contribution in [-0.2, 0) is 9.53 Å². The summed E-state index contributed by atoms with van der Waals surface area (Å²) in [6.07, 6.45) is 0.971. The van der Waals surface area contributed by atoms with Crippen molar-refractivity contribution in [3.63, 3.8) is 0 Å². The summed E-state index contributed by atoms with van der Waals surface area (Å²) >= 11 is 0. The Morgan fingerprint density at radius 1 is 1.28 bits per heavy atom. The molecule has 0 aromatic carbocycles. The fourth-order valence-corrected chi connectivity index (χ4v) is 3.68. The van der Waals surface area contributed by atoms with Gasteiger partial charge in [-0.15, -0.1) is 0 Å². The van der Waals surface area contributed by atoms with Gasteiger partial charge in [0.1, 0.15) is 0 Å². The normalized spacial score (nSPS) is 39.1. The fraction of sp³-hybridized carbons (Fsp3) is 0.929. The molecule has 18 heavy (non-hydrogen) atoms. The van der Waals surface area contributed by atoms with E-state index in [1.165, 1.54) is 0 Å². The van der Waals surface area contributed by atoms with Crippen molar-refractivity contribution in [3.8, 4) is 0 Å². The molecule has 0 saturated carbocycles. The van der Waals surface area contributed by atoms with Gasteiger partial charge in [-0.05, 0) is 40.0 Å². The maximum Gasteiger partial charge on any atom is 0.308 e. The van der Waals surface area contributed by atoms with E-state index in [0.717, 1.165) is 13.0 Å². The monoisotopic (exact) mass is 255 g/mol. The molecule has 0 radical (unpaired) electrons. The van der Waals surface area contributed by atoms with Gasteiger partial charge in [0, 0.05) is 19.1 Å². The third-order valence-electron chi connectivity index (χ3n) is 4.43. The zero-order valence-electron chi connectivity index (χ0n) is 12.1. The Balaban J connectivity index is 2.12. The highest BCUT2D eigenvalue weighted by molar-refractivity contribution is 5.71. The van der Waals surface area contributed by atoms with E-state index in [-0.39, 0.29) is 23.0 Å². The van der Waals surface area contributed by atoms with Crippen LogP contribution in [0.5, 0.6) is 0 Å². The lowest BCUT2D eigenvalue weighted by Crippen LogP contribution is -2.45. The van der Waals surface area contributed by atoms with E-state index in [1.807, 2.05) is 6.92 Å². The summed E-state index contributed by atoms with van der Waals surface area (Å²) < 4.78 is 6.10. The van der Waals surface area contributed by atoms with Crippen LogP contribution in [0.4, 0.5) is 0 Å². The van der Waals surface area contributed by atoms with E-state index in [9.17, 15) is 9.90 Å². The van der Waals surface area contributed by atoms with Crippen molar-refractivity contribution < 1.29 is 14.6 Å². The molecule has 1 N–H and O–H groups in total. The number of likely N-dealkylation sites (tertiary alicyclic amines) is 1. The molecule has 2 heterocycles. The molecule has 1 unspecified atom stereocenters. The first-order valence-corrected chi connectivity index (χ1v) is 6.79. The van der Waals surface area contributed by atoms with E-state index in [1.54, 1.807) is 0 Å². The molecule has 4 nitrogen and oxygen atoms in total. The second kappa shape index (κ2) is 4.20. The van der Waals surface area contributed by atoms with Crippen LogP contribution in [0.15, 0.2) is 0 Å². The van der Waals surface area contributed by atoms with E-state index in [0.29, 0.717) is 12.6 Å². The molecule has 0 amide bonds. The fourth-order valence-electron chi connectivity index (χ4n) is 3.68. The maximum atomic E-state index is 11.2. The van der Waals surface area contributed by atoms with Crippen molar-refractivity contribution >= 4 is 5.97 Å². The number of ether oxygens (including phenoxy) is 1. The summed E-state index contributed by atoms with van der Waals surface area (Å²) in [7, 11) is 0. The standard InChI is InChI=1S/C14H25NO3/c1-9-7-15(8-10(9)12(16)17)11-6-13(2,3)18-14(11,4)5/h9-11H,6-8H2,1-5H3,(H,16,17)/t9-,10-,11?/m1/s1. The van der Waals surface area contributed by atoms with Crippen LogP contribution in [0.3, 0.4) is 0 Å². The number of nitrogens with zero attached hydrogens (tertiary/aromatic N) is 1. The summed E-state index contributed by atoms with van der Waals surface area (Å²) in [6.45, 7) is 12.0. The molecular formula is C14H25NO3. The zero-order chi connectivity index (χ0) is 13.7. The van der Waals surface area contributed by atoms with E-state index in [4.69, 9.17) is 4.74 Å². The molecule has 0 aromatic heterocycles. The van der Waals surface area contributed by atoms with Crippen molar-refractivity contribution in [3.05, 3.63) is 0 Å². The smallest absolute Gasteiger partial charge is 0.308 e. The van der Waals surface area contributed by atoms with E-state index in [2.05, 4.69) is 32.6 Å². The second-order valence-electron chi connectivity index (χ2n) is 7.06. The largest absolute Gasteiger partial charge is 0.481 e. The predicted octanol–water partition coefficient (Wildman–Crippen LogP) is 1.98. The lowest BCUT2D eigenvalue weighted by Gasteiger charge is -2.33. The number of hydrogen-bond donors (Lipinski definition) is 1. The van der Waals surface area contributed by atoms with Crippen LogP contribution in [0.1, 0.15) is 41.0 Å². The Morgan fingerprint density at radius 2 is 1.89 bits per heavy atom. The highest BCUT2D eigenvalue weighted by Gasteiger charge is 2.51. The average Bonchev–Trinajstić information content (AvgIpc) is 2.63. The number of rotatable bonds is 2. The summed E-state index contributed by atoms with van der Waals surface area (Å²) in [5, 5.41) is 9.22. The summed E-state index contributed by atoms with van der Waals surface area (Å²) in [6, 6.07) is 0.319. The van der Waals surface area contributed by atoms with Crippen molar-refractivity contribution in [1.82, 2.24) is 4.90 Å². The van der Waals surface area contributed by atoms with E-state index < -0.39 is 5.97 Å². The van der Waals surface area contributed by atoms with Crippen LogP contribution in [0.25, 0.3) is 0 Å². The van der Waals surface area contributed by atoms with Gasteiger partial charge in [0.15, 0.2) is 0 Å². The van der Waals surface area contributed by atoms with Crippen LogP contribution < -0.4 is 0 Å².